The first-order valence-corrected chi connectivity index (χ1v) is 12.2. The molecule has 5 rings (SSSR count). The van der Waals surface area contributed by atoms with Gasteiger partial charge in [0, 0.05) is 22.2 Å². The number of hydrogen-bond acceptors (Lipinski definition) is 8. The number of furan rings is 1. The molecule has 0 bridgehead atoms. The van der Waals surface area contributed by atoms with Crippen LogP contribution in [0.1, 0.15) is 22.2 Å². The fourth-order valence-electron chi connectivity index (χ4n) is 4.79. The van der Waals surface area contributed by atoms with Crippen molar-refractivity contribution in [2.75, 3.05) is 33.3 Å². The summed E-state index contributed by atoms with van der Waals surface area (Å²) in [7, 11) is 5.69. The second-order valence-electron chi connectivity index (χ2n) is 8.74. The topological polar surface area (TPSA) is 108 Å². The maximum Gasteiger partial charge on any atom is 0.294 e. The summed E-state index contributed by atoms with van der Waals surface area (Å²) in [5.74, 6) is -2.25. The number of aliphatic hydroxyl groups excluding tert-OH is 1. The van der Waals surface area contributed by atoms with Gasteiger partial charge in [-0.1, -0.05) is 17.7 Å². The number of carbonyl (C=O) groups excluding carboxylic acids is 2. The normalized spacial score (nSPS) is 15.1. The van der Waals surface area contributed by atoms with Crippen molar-refractivity contribution < 1.29 is 42.5 Å². The zero-order valence-corrected chi connectivity index (χ0v) is 22.5. The van der Waals surface area contributed by atoms with Crippen LogP contribution < -0.4 is 23.8 Å². The summed E-state index contributed by atoms with van der Waals surface area (Å²) in [6.07, 6.45) is 0. The van der Waals surface area contributed by atoms with E-state index < -0.39 is 29.3 Å². The molecule has 11 heteroatoms. The molecule has 0 saturated carbocycles. The Morgan fingerprint density at radius 2 is 1.62 bits per heavy atom. The highest BCUT2D eigenvalue weighted by Crippen LogP contribution is 2.47. The molecule has 0 spiro atoms. The number of Topliss-reactive ketones (excluding diaryl/α,β-unsaturated/α-hetero) is 1. The Morgan fingerprint density at radius 3 is 2.23 bits per heavy atom. The van der Waals surface area contributed by atoms with Crippen LogP contribution in [0.4, 0.5) is 10.1 Å². The van der Waals surface area contributed by atoms with E-state index in [-0.39, 0.29) is 39.9 Å². The van der Waals surface area contributed by atoms with Crippen LogP contribution in [-0.2, 0) is 4.79 Å². The largest absolute Gasteiger partial charge is 0.503 e. The third-order valence-electron chi connectivity index (χ3n) is 6.53. The van der Waals surface area contributed by atoms with E-state index in [0.717, 1.165) is 11.0 Å². The standard InChI is InChI=1S/C29H23ClFNO8/c1-36-20-9-14(10-21(37-2)28(20)39-4)24-23(26(34)29(35)32(24)18-7-5-6-17(31)13-18)25(33)19-11-15-8-16(30)12-22(38-3)27(15)40-19/h5-13,24,34H,1-4H3. The van der Waals surface area contributed by atoms with Crippen molar-refractivity contribution in [2.24, 2.45) is 0 Å². The van der Waals surface area contributed by atoms with E-state index in [1.54, 1.807) is 18.2 Å². The summed E-state index contributed by atoms with van der Waals surface area (Å²) in [6.45, 7) is 0. The highest BCUT2D eigenvalue weighted by atomic mass is 35.5. The summed E-state index contributed by atoms with van der Waals surface area (Å²) in [5, 5.41) is 11.9. The van der Waals surface area contributed by atoms with Crippen molar-refractivity contribution in [1.82, 2.24) is 0 Å². The average Bonchev–Trinajstić information content (AvgIpc) is 3.49. The molecular formula is C29H23ClFNO8. The Hall–Kier alpha value is -4.70. The maximum atomic E-state index is 14.3. The van der Waals surface area contributed by atoms with Crippen molar-refractivity contribution in [3.63, 3.8) is 0 Å². The van der Waals surface area contributed by atoms with Gasteiger partial charge in [0.25, 0.3) is 5.91 Å². The molecule has 0 saturated heterocycles. The number of ether oxygens (including phenoxy) is 4. The van der Waals surface area contributed by atoms with Crippen LogP contribution in [0.25, 0.3) is 11.0 Å². The molecule has 0 fully saturated rings. The summed E-state index contributed by atoms with van der Waals surface area (Å²) in [5.41, 5.74) is 0.381. The minimum atomic E-state index is -1.23. The number of carbonyl (C=O) groups is 2. The lowest BCUT2D eigenvalue weighted by Gasteiger charge is -2.27. The predicted molar refractivity (Wildman–Crippen MR) is 144 cm³/mol. The van der Waals surface area contributed by atoms with Gasteiger partial charge in [-0.25, -0.2) is 4.39 Å². The van der Waals surface area contributed by atoms with E-state index in [2.05, 4.69) is 0 Å². The minimum absolute atomic E-state index is 0.108. The SMILES string of the molecule is COc1cc(C2C(C(=O)c3cc4cc(Cl)cc(OC)c4o3)=C(O)C(=O)N2c2cccc(F)c2)cc(OC)c1OC. The lowest BCUT2D eigenvalue weighted by Crippen LogP contribution is -2.31. The zero-order valence-electron chi connectivity index (χ0n) is 21.8. The van der Waals surface area contributed by atoms with Gasteiger partial charge < -0.3 is 28.5 Å². The van der Waals surface area contributed by atoms with Crippen LogP contribution in [0, 0.1) is 5.82 Å². The quantitative estimate of drug-likeness (QED) is 0.257. The number of ketones is 1. The third kappa shape index (κ3) is 4.36. The molecular weight excluding hydrogens is 545 g/mol. The smallest absolute Gasteiger partial charge is 0.294 e. The molecule has 1 N–H and O–H groups in total. The number of amides is 1. The van der Waals surface area contributed by atoms with Crippen molar-refractivity contribution in [3.05, 3.63) is 88.1 Å². The Kier molecular flexibility index (Phi) is 7.03. The van der Waals surface area contributed by atoms with Crippen molar-refractivity contribution in [1.29, 1.82) is 0 Å². The first-order valence-electron chi connectivity index (χ1n) is 11.9. The molecule has 0 aliphatic carbocycles. The number of hydrogen-bond donors (Lipinski definition) is 1. The predicted octanol–water partition coefficient (Wildman–Crippen LogP) is 6.04. The summed E-state index contributed by atoms with van der Waals surface area (Å²) >= 11 is 6.17. The molecule has 1 aliphatic heterocycles. The fourth-order valence-corrected chi connectivity index (χ4v) is 5.00. The Bertz CT molecular complexity index is 1670. The van der Waals surface area contributed by atoms with Gasteiger partial charge in [0.2, 0.25) is 11.5 Å². The van der Waals surface area contributed by atoms with E-state index in [4.69, 9.17) is 35.0 Å². The average molecular weight is 568 g/mol. The first kappa shape index (κ1) is 26.9. The third-order valence-corrected chi connectivity index (χ3v) is 6.75. The van der Waals surface area contributed by atoms with Gasteiger partial charge in [-0.2, -0.15) is 0 Å². The van der Waals surface area contributed by atoms with Gasteiger partial charge >= 0.3 is 0 Å². The van der Waals surface area contributed by atoms with Gasteiger partial charge in [0.15, 0.2) is 34.4 Å². The maximum absolute atomic E-state index is 14.3. The van der Waals surface area contributed by atoms with Gasteiger partial charge in [-0.05, 0) is 48.0 Å². The second-order valence-corrected chi connectivity index (χ2v) is 9.18. The number of nitrogens with zero attached hydrogens (tertiary/aromatic N) is 1. The minimum Gasteiger partial charge on any atom is -0.503 e. The van der Waals surface area contributed by atoms with E-state index in [9.17, 15) is 19.1 Å². The lowest BCUT2D eigenvalue weighted by atomic mass is 9.94. The molecule has 3 aromatic carbocycles. The van der Waals surface area contributed by atoms with Gasteiger partial charge in [-0.15, -0.1) is 0 Å². The highest BCUT2D eigenvalue weighted by molar-refractivity contribution is 6.31. The molecule has 206 valence electrons. The van der Waals surface area contributed by atoms with Crippen LogP contribution in [0.2, 0.25) is 5.02 Å². The molecule has 4 aromatic rings. The number of rotatable bonds is 8. The Morgan fingerprint density at radius 1 is 0.950 bits per heavy atom. The van der Waals surface area contributed by atoms with Crippen LogP contribution in [0.5, 0.6) is 23.0 Å². The van der Waals surface area contributed by atoms with Crippen molar-refractivity contribution >= 4 is 39.9 Å². The molecule has 9 nitrogen and oxygen atoms in total. The fraction of sp³-hybridized carbons (Fsp3) is 0.172. The highest BCUT2D eigenvalue weighted by Gasteiger charge is 2.46. The van der Waals surface area contributed by atoms with Crippen LogP contribution in [0.3, 0.4) is 0 Å². The van der Waals surface area contributed by atoms with Gasteiger partial charge in [0.1, 0.15) is 5.82 Å². The van der Waals surface area contributed by atoms with Crippen LogP contribution in [0.15, 0.2) is 70.3 Å². The molecule has 0 radical (unpaired) electrons. The van der Waals surface area contributed by atoms with E-state index in [1.165, 1.54) is 58.8 Å². The van der Waals surface area contributed by atoms with E-state index in [0.29, 0.717) is 21.7 Å². The Labute approximate surface area is 232 Å². The molecule has 1 aromatic heterocycles. The van der Waals surface area contributed by atoms with Crippen LogP contribution in [-0.4, -0.2) is 45.2 Å². The Balaban J connectivity index is 1.73. The van der Waals surface area contributed by atoms with Crippen LogP contribution >= 0.6 is 11.6 Å². The molecule has 1 amide bonds. The molecule has 1 aliphatic rings. The molecule has 2 heterocycles. The number of aliphatic hydroxyl groups is 1. The molecule has 1 unspecified atom stereocenters. The number of methoxy groups -OCH3 is 4. The lowest BCUT2D eigenvalue weighted by molar-refractivity contribution is -0.117. The van der Waals surface area contributed by atoms with Crippen molar-refractivity contribution in [3.8, 4) is 23.0 Å². The number of fused-ring (bicyclic) bond motifs is 1. The van der Waals surface area contributed by atoms with Gasteiger partial charge in [-0.3, -0.25) is 14.5 Å². The van der Waals surface area contributed by atoms with E-state index in [1.807, 2.05) is 0 Å². The second kappa shape index (κ2) is 10.5. The summed E-state index contributed by atoms with van der Waals surface area (Å²) in [4.78, 5) is 28.6. The summed E-state index contributed by atoms with van der Waals surface area (Å²) in [6, 6.07) is 11.6. The van der Waals surface area contributed by atoms with Crippen molar-refractivity contribution in [2.45, 2.75) is 6.04 Å². The van der Waals surface area contributed by atoms with Gasteiger partial charge in [0.05, 0.1) is 40.1 Å². The number of benzene rings is 3. The zero-order chi connectivity index (χ0) is 28.7. The monoisotopic (exact) mass is 567 g/mol. The summed E-state index contributed by atoms with van der Waals surface area (Å²) < 4.78 is 41.8. The molecule has 40 heavy (non-hydrogen) atoms. The van der Waals surface area contributed by atoms with E-state index >= 15 is 0 Å². The number of anilines is 1. The molecule has 1 atom stereocenters. The number of halogens is 2. The first-order chi connectivity index (χ1) is 19.2.